The molecule has 0 radical (unpaired) electrons. The monoisotopic (exact) mass is 416 g/mol. The van der Waals surface area contributed by atoms with Crippen molar-refractivity contribution in [3.63, 3.8) is 0 Å². The van der Waals surface area contributed by atoms with Crippen LogP contribution in [0.15, 0.2) is 57.9 Å². The van der Waals surface area contributed by atoms with Crippen molar-refractivity contribution in [2.45, 2.75) is 18.4 Å². The summed E-state index contributed by atoms with van der Waals surface area (Å²) < 4.78 is 36.5. The van der Waals surface area contributed by atoms with Crippen LogP contribution in [0.5, 0.6) is 5.75 Å². The average Bonchev–Trinajstić information content (AvgIpc) is 3.22. The van der Waals surface area contributed by atoms with Gasteiger partial charge >= 0.3 is 0 Å². The molecule has 10 heteroatoms. The highest BCUT2D eigenvalue weighted by molar-refractivity contribution is 7.89. The number of nitrogens with one attached hydrogen (secondary N) is 2. The van der Waals surface area contributed by atoms with Crippen molar-refractivity contribution in [1.29, 1.82) is 0 Å². The minimum atomic E-state index is -3.64. The zero-order chi connectivity index (χ0) is 20.9. The van der Waals surface area contributed by atoms with E-state index < -0.39 is 15.9 Å². The van der Waals surface area contributed by atoms with Crippen molar-refractivity contribution in [2.24, 2.45) is 0 Å². The summed E-state index contributed by atoms with van der Waals surface area (Å²) in [7, 11) is -2.33. The van der Waals surface area contributed by atoms with E-state index >= 15 is 0 Å². The molecule has 0 bridgehead atoms. The lowest BCUT2D eigenvalue weighted by molar-refractivity contribution is 0.0946. The second-order valence-corrected chi connectivity index (χ2v) is 7.77. The van der Waals surface area contributed by atoms with Gasteiger partial charge in [-0.25, -0.2) is 13.1 Å². The topological polar surface area (TPSA) is 123 Å². The van der Waals surface area contributed by atoms with Crippen molar-refractivity contribution in [3.8, 4) is 17.1 Å². The fourth-order valence-electron chi connectivity index (χ4n) is 2.49. The van der Waals surface area contributed by atoms with Crippen LogP contribution in [0.2, 0.25) is 0 Å². The van der Waals surface area contributed by atoms with Crippen molar-refractivity contribution >= 4 is 15.9 Å². The number of aromatic nitrogens is 2. The Bertz CT molecular complexity index is 1090. The van der Waals surface area contributed by atoms with Crippen molar-refractivity contribution in [3.05, 3.63) is 60.0 Å². The van der Waals surface area contributed by atoms with Gasteiger partial charge in [0.15, 0.2) is 0 Å². The molecule has 0 saturated carbocycles. The Morgan fingerprint density at radius 2 is 1.93 bits per heavy atom. The van der Waals surface area contributed by atoms with E-state index in [1.54, 1.807) is 0 Å². The molecule has 2 aromatic carbocycles. The van der Waals surface area contributed by atoms with E-state index in [0.29, 0.717) is 12.4 Å². The van der Waals surface area contributed by atoms with E-state index in [9.17, 15) is 13.2 Å². The van der Waals surface area contributed by atoms with Gasteiger partial charge in [0.1, 0.15) is 5.75 Å². The normalized spacial score (nSPS) is 11.2. The highest BCUT2D eigenvalue weighted by Gasteiger charge is 2.15. The molecular weight excluding hydrogens is 396 g/mol. The van der Waals surface area contributed by atoms with Gasteiger partial charge in [-0.1, -0.05) is 11.2 Å². The molecule has 152 valence electrons. The molecule has 1 heterocycles. The van der Waals surface area contributed by atoms with Gasteiger partial charge in [-0.15, -0.1) is 0 Å². The third kappa shape index (κ3) is 4.98. The molecule has 0 aliphatic carbocycles. The fraction of sp³-hybridized carbons (Fsp3) is 0.211. The summed E-state index contributed by atoms with van der Waals surface area (Å²) in [6.07, 6.45) is 0. The summed E-state index contributed by atoms with van der Waals surface area (Å²) >= 11 is 0. The Morgan fingerprint density at radius 3 is 2.62 bits per heavy atom. The Labute approximate surface area is 168 Å². The van der Waals surface area contributed by atoms with Gasteiger partial charge in [-0.05, 0) is 56.4 Å². The number of hydrogen-bond acceptors (Lipinski definition) is 7. The summed E-state index contributed by atoms with van der Waals surface area (Å²) in [5.41, 5.74) is 0.951. The van der Waals surface area contributed by atoms with Crippen LogP contribution in [-0.2, 0) is 16.6 Å². The van der Waals surface area contributed by atoms with Crippen LogP contribution in [0.3, 0.4) is 0 Å². The molecule has 1 amide bonds. The largest absolute Gasteiger partial charge is 0.494 e. The molecule has 3 aromatic rings. The number of ether oxygens (including phenoxy) is 1. The molecular formula is C19H20N4O5S. The van der Waals surface area contributed by atoms with E-state index in [0.717, 1.165) is 11.3 Å². The third-order valence-corrected chi connectivity index (χ3v) is 5.38. The Morgan fingerprint density at radius 1 is 1.17 bits per heavy atom. The molecule has 0 saturated heterocycles. The van der Waals surface area contributed by atoms with Crippen LogP contribution >= 0.6 is 0 Å². The molecule has 0 aliphatic rings. The first-order chi connectivity index (χ1) is 13.9. The molecule has 0 spiro atoms. The lowest BCUT2D eigenvalue weighted by atomic mass is 10.2. The number of nitrogens with zero attached hydrogens (tertiary/aromatic N) is 2. The maximum absolute atomic E-state index is 12.3. The van der Waals surface area contributed by atoms with Gasteiger partial charge in [0.25, 0.3) is 5.91 Å². The highest BCUT2D eigenvalue weighted by atomic mass is 32.2. The lowest BCUT2D eigenvalue weighted by Gasteiger charge is -2.06. The number of carbonyl (C=O) groups is 1. The van der Waals surface area contributed by atoms with Gasteiger partial charge < -0.3 is 14.6 Å². The number of benzene rings is 2. The number of hydrogen-bond donors (Lipinski definition) is 2. The van der Waals surface area contributed by atoms with E-state index in [-0.39, 0.29) is 22.9 Å². The highest BCUT2D eigenvalue weighted by Crippen LogP contribution is 2.20. The van der Waals surface area contributed by atoms with E-state index in [2.05, 4.69) is 20.2 Å². The summed E-state index contributed by atoms with van der Waals surface area (Å²) in [6.45, 7) is 2.49. The molecule has 0 fully saturated rings. The Balaban J connectivity index is 1.65. The predicted molar refractivity (Wildman–Crippen MR) is 105 cm³/mol. The zero-order valence-corrected chi connectivity index (χ0v) is 16.7. The first-order valence-electron chi connectivity index (χ1n) is 8.80. The van der Waals surface area contributed by atoms with Crippen molar-refractivity contribution in [1.82, 2.24) is 20.2 Å². The molecule has 29 heavy (non-hydrogen) atoms. The molecule has 0 atom stereocenters. The van der Waals surface area contributed by atoms with Gasteiger partial charge in [0.2, 0.25) is 21.7 Å². The maximum atomic E-state index is 12.3. The van der Waals surface area contributed by atoms with Crippen molar-refractivity contribution < 1.29 is 22.5 Å². The van der Waals surface area contributed by atoms with Crippen LogP contribution in [0.4, 0.5) is 0 Å². The van der Waals surface area contributed by atoms with Crippen LogP contribution < -0.4 is 14.8 Å². The molecule has 1 aromatic heterocycles. The standard InChI is InChI=1S/C19H20N4O5S/c1-3-27-15-9-7-13(8-10-15)18-22-17(28-23-18)12-21-19(24)14-5-4-6-16(11-14)29(25,26)20-2/h4-11,20H,3,12H2,1-2H3,(H,21,24). The van der Waals surface area contributed by atoms with E-state index in [1.807, 2.05) is 31.2 Å². The summed E-state index contributed by atoms with van der Waals surface area (Å²) in [5, 5.41) is 6.54. The first kappa shape index (κ1) is 20.5. The smallest absolute Gasteiger partial charge is 0.251 e. The van der Waals surface area contributed by atoms with Gasteiger partial charge in [0.05, 0.1) is 18.0 Å². The zero-order valence-electron chi connectivity index (χ0n) is 15.9. The third-order valence-electron chi connectivity index (χ3n) is 3.97. The van der Waals surface area contributed by atoms with E-state index in [4.69, 9.17) is 9.26 Å². The summed E-state index contributed by atoms with van der Waals surface area (Å²) in [4.78, 5) is 16.6. The molecule has 0 aliphatic heterocycles. The van der Waals surface area contributed by atoms with Crippen LogP contribution in [0.25, 0.3) is 11.4 Å². The number of carbonyl (C=O) groups excluding carboxylic acids is 1. The molecule has 2 N–H and O–H groups in total. The van der Waals surface area contributed by atoms with Crippen LogP contribution in [0, 0.1) is 0 Å². The maximum Gasteiger partial charge on any atom is 0.251 e. The fourth-order valence-corrected chi connectivity index (χ4v) is 3.27. The quantitative estimate of drug-likeness (QED) is 0.575. The van der Waals surface area contributed by atoms with Crippen LogP contribution in [0.1, 0.15) is 23.2 Å². The van der Waals surface area contributed by atoms with Crippen LogP contribution in [-0.4, -0.2) is 38.1 Å². The van der Waals surface area contributed by atoms with Gasteiger partial charge in [0, 0.05) is 11.1 Å². The summed E-state index contributed by atoms with van der Waals surface area (Å²) in [6, 6.07) is 13.0. The minimum absolute atomic E-state index is 0.00299. The molecule has 9 nitrogen and oxygen atoms in total. The number of rotatable bonds is 8. The Kier molecular flexibility index (Phi) is 6.25. The first-order valence-corrected chi connectivity index (χ1v) is 10.3. The lowest BCUT2D eigenvalue weighted by Crippen LogP contribution is -2.24. The Hall–Kier alpha value is -3.24. The van der Waals surface area contributed by atoms with Crippen molar-refractivity contribution in [2.75, 3.05) is 13.7 Å². The molecule has 0 unspecified atom stereocenters. The van der Waals surface area contributed by atoms with Gasteiger partial charge in [-0.2, -0.15) is 4.98 Å². The van der Waals surface area contributed by atoms with E-state index in [1.165, 1.54) is 31.3 Å². The summed E-state index contributed by atoms with van der Waals surface area (Å²) in [5.74, 6) is 0.898. The average molecular weight is 416 g/mol. The second-order valence-electron chi connectivity index (χ2n) is 5.89. The van der Waals surface area contributed by atoms with Gasteiger partial charge in [-0.3, -0.25) is 4.79 Å². The number of sulfonamides is 1. The SMILES string of the molecule is CCOc1ccc(-c2noc(CNC(=O)c3cccc(S(=O)(=O)NC)c3)n2)cc1. The molecule has 3 rings (SSSR count). The second kappa shape index (κ2) is 8.84. The predicted octanol–water partition coefficient (Wildman–Crippen LogP) is 1.97. The number of amides is 1. The minimum Gasteiger partial charge on any atom is -0.494 e.